The van der Waals surface area contributed by atoms with Crippen LogP contribution in [0.3, 0.4) is 0 Å². The van der Waals surface area contributed by atoms with Gasteiger partial charge in [0.1, 0.15) is 44.1 Å². The van der Waals surface area contributed by atoms with E-state index in [1.165, 1.54) is 216 Å². The van der Waals surface area contributed by atoms with Gasteiger partial charge in [-0.2, -0.15) is 0 Å². The van der Waals surface area contributed by atoms with Gasteiger partial charge in [0.15, 0.2) is 0 Å². The highest BCUT2D eigenvalue weighted by Gasteiger charge is 2.39. The summed E-state index contributed by atoms with van der Waals surface area (Å²) in [5, 5.41) is 114. The molecule has 0 atom stereocenters. The normalized spacial score (nSPS) is 14.4. The molecule has 0 bridgehead atoms. The molecule has 0 radical (unpaired) electrons. The van der Waals surface area contributed by atoms with E-state index in [0.717, 1.165) is 65.2 Å². The lowest BCUT2D eigenvalue weighted by atomic mass is 9.70. The van der Waals surface area contributed by atoms with Crippen LogP contribution in [0.4, 0.5) is 0 Å². The summed E-state index contributed by atoms with van der Waals surface area (Å²) in [4.78, 5) is 0. The zero-order chi connectivity index (χ0) is 54.1. The molecule has 0 fully saturated rings. The van der Waals surface area contributed by atoms with Gasteiger partial charge in [-0.1, -0.05) is 84.9 Å². The van der Waals surface area contributed by atoms with E-state index >= 15 is 0 Å². The summed E-state index contributed by atoms with van der Waals surface area (Å²) >= 11 is 0. The first-order valence-corrected chi connectivity index (χ1v) is 29.4. The van der Waals surface area contributed by atoms with Gasteiger partial charge >= 0.3 is 0 Å². The first-order chi connectivity index (χ1) is 42.6. The first kappa shape index (κ1) is 38.9. The van der Waals surface area contributed by atoms with Crippen LogP contribution in [0.5, 0.6) is 0 Å². The van der Waals surface area contributed by atoms with Gasteiger partial charge in [-0.25, -0.2) is 0 Å². The Labute approximate surface area is 473 Å². The molecule has 0 N–H and O–H groups in total. The predicted molar refractivity (Wildman–Crippen MR) is 350 cm³/mol. The van der Waals surface area contributed by atoms with Crippen molar-refractivity contribution in [3.63, 3.8) is 0 Å². The fraction of sp³-hybridized carbons (Fsp3) is 0.0270. The molecule has 0 saturated carbocycles. The lowest BCUT2D eigenvalue weighted by Crippen LogP contribution is -2.06. The van der Waals surface area contributed by atoms with E-state index in [4.69, 9.17) is 40.8 Å². The Morgan fingerprint density at radius 3 is 0.744 bits per heavy atom. The van der Waals surface area contributed by atoms with Crippen molar-refractivity contribution >= 4 is 292 Å². The smallest absolute Gasteiger partial charge is 0.126 e. The van der Waals surface area contributed by atoms with Crippen molar-refractivity contribution in [1.29, 1.82) is 0 Å². The van der Waals surface area contributed by atoms with Crippen LogP contribution in [-0.2, 0) is 0 Å². The van der Waals surface area contributed by atoms with Crippen molar-refractivity contribution in [1.82, 2.24) is 61.6 Å². The topological polar surface area (TPSA) is 155 Å². The van der Waals surface area contributed by atoms with Crippen molar-refractivity contribution in [2.24, 2.45) is 0 Å². The molecule has 0 aliphatic rings. The summed E-state index contributed by atoms with van der Waals surface area (Å²) in [6.07, 6.45) is 0. The molecule has 28 rings (SSSR count). The zero-order valence-corrected chi connectivity index (χ0v) is 44.6. The van der Waals surface area contributed by atoms with Crippen LogP contribution in [0.25, 0.3) is 292 Å². The minimum absolute atomic E-state index is 0.711. The van der Waals surface area contributed by atoms with Crippen molar-refractivity contribution < 1.29 is 0 Å². The Hall–Kier alpha value is -11.8. The SMILES string of the molecule is Cc1ccc2c3cc4c5ccc6c7nnnc8c9nnnc%10c%11cccc%12c%13c(C)ccc%14c%15cc%16c%17ccc%18c%19nnnc%20c%21nnnc%22c%23cccc%24c1c2c1c(c%23%24)c(c%22%21)c(c%19%20)c2c%18c%17c(c4c%16c4c5c6c5c(c78)c(c%109)c(c%11%12)c(c%14%13)c5c%154)c3c12. The monoisotopic (exact) mass is 1080 g/mol. The van der Waals surface area contributed by atoms with E-state index in [-0.39, 0.29) is 0 Å². The van der Waals surface area contributed by atoms with Crippen LogP contribution in [0.1, 0.15) is 11.1 Å². The maximum atomic E-state index is 5.10. The van der Waals surface area contributed by atoms with Gasteiger partial charge in [0.05, 0.1) is 0 Å². The quantitative estimate of drug-likeness (QED) is 0.105. The molecule has 4 heterocycles. The van der Waals surface area contributed by atoms with Gasteiger partial charge < -0.3 is 0 Å². The molecule has 0 spiro atoms. The number of aryl methyl sites for hydroxylation is 2. The fourth-order valence-corrected chi connectivity index (χ4v) is 20.5. The Bertz CT molecular complexity index is 7660. The van der Waals surface area contributed by atoms with E-state index in [9.17, 15) is 0 Å². The predicted octanol–water partition coefficient (Wildman–Crippen LogP) is 17.7. The molecule has 0 amide bonds. The summed E-state index contributed by atoms with van der Waals surface area (Å²) in [6.45, 7) is 4.59. The highest BCUT2D eigenvalue weighted by Crippen LogP contribution is 2.66. The summed E-state index contributed by atoms with van der Waals surface area (Å²) in [5.74, 6) is 0. The molecule has 12 heteroatoms. The van der Waals surface area contributed by atoms with E-state index in [2.05, 4.69) is 132 Å². The lowest BCUT2D eigenvalue weighted by molar-refractivity contribution is 0.905. The second kappa shape index (κ2) is 11.3. The van der Waals surface area contributed by atoms with Gasteiger partial charge in [-0.05, 0) is 198 Å². The van der Waals surface area contributed by atoms with Crippen molar-refractivity contribution in [2.75, 3.05) is 0 Å². The van der Waals surface area contributed by atoms with E-state index in [1.807, 2.05) is 0 Å². The fourth-order valence-electron chi connectivity index (χ4n) is 20.5. The highest BCUT2D eigenvalue weighted by molar-refractivity contribution is 6.68. The second-order valence-electron chi connectivity index (χ2n) is 25.8. The van der Waals surface area contributed by atoms with Crippen LogP contribution in [0.15, 0.2) is 97.1 Å². The molecule has 24 aromatic carbocycles. The average molecular weight is 1080 g/mol. The standard InChI is InChI=1S/C74H22N12/c1-19-9-11-21-33-17-31-23-13-16-30-44-42(23)52-46-32(18-34-22-12-10-20(2)36-26-6-4-8-28-38(26)50-54(40(22)36)58(48(34)52)56(44)62-60(50)64-68(28)76-84-80-72(64)74-66(62)70(30)78-86-82-74)24-14-15-29-43-41(24)51(45(31)46)47(33)57-53-39(21)35(19)25-5-3-7-27-37(25)49(53)59-61(55(43)57)65-69(29)77-85-81-73(65)71-63(59)67(27)75-83-79-71/h3-18H,1-2H3. The second-order valence-corrected chi connectivity index (χ2v) is 25.8. The van der Waals surface area contributed by atoms with Crippen LogP contribution >= 0.6 is 0 Å². The maximum absolute atomic E-state index is 5.10. The van der Waals surface area contributed by atoms with Crippen molar-refractivity contribution in [2.45, 2.75) is 13.8 Å². The molecule has 0 aliphatic heterocycles. The molecule has 0 saturated heterocycles. The van der Waals surface area contributed by atoms with Crippen molar-refractivity contribution in [3.8, 4) is 0 Å². The van der Waals surface area contributed by atoms with Gasteiger partial charge in [0, 0.05) is 108 Å². The third-order valence-electron chi connectivity index (χ3n) is 23.0. The van der Waals surface area contributed by atoms with Gasteiger partial charge in [-0.3, -0.25) is 0 Å². The van der Waals surface area contributed by atoms with Crippen molar-refractivity contribution in [3.05, 3.63) is 108 Å². The van der Waals surface area contributed by atoms with E-state index in [1.54, 1.807) is 0 Å². The summed E-state index contributed by atoms with van der Waals surface area (Å²) < 4.78 is 0. The Morgan fingerprint density at radius 2 is 0.384 bits per heavy atom. The number of aromatic nitrogens is 12. The largest absolute Gasteiger partial charge is 0.129 e. The molecule has 378 valence electrons. The van der Waals surface area contributed by atoms with Gasteiger partial charge in [0.2, 0.25) is 0 Å². The van der Waals surface area contributed by atoms with E-state index < -0.39 is 0 Å². The van der Waals surface area contributed by atoms with Gasteiger partial charge in [0.25, 0.3) is 0 Å². The molecular formula is C74H22N12. The summed E-state index contributed by atoms with van der Waals surface area (Å²) in [5.41, 5.74) is 8.69. The minimum Gasteiger partial charge on any atom is -0.129 e. The van der Waals surface area contributed by atoms with Crippen LogP contribution in [0.2, 0.25) is 0 Å². The van der Waals surface area contributed by atoms with E-state index in [0.29, 0.717) is 22.1 Å². The summed E-state index contributed by atoms with van der Waals surface area (Å²) in [6, 6.07) is 37.9. The molecule has 28 aromatic rings. The number of benzene rings is 24. The Morgan fingerprint density at radius 1 is 0.163 bits per heavy atom. The number of nitrogens with zero attached hydrogens (tertiary/aromatic N) is 12. The van der Waals surface area contributed by atoms with Crippen LogP contribution in [0, 0.1) is 13.8 Å². The molecule has 12 nitrogen and oxygen atoms in total. The third-order valence-corrected chi connectivity index (χ3v) is 23.0. The molecule has 0 unspecified atom stereocenters. The molecule has 4 aromatic heterocycles. The third kappa shape index (κ3) is 3.24. The Kier molecular flexibility index (Phi) is 5.09. The number of rotatable bonds is 0. The summed E-state index contributed by atoms with van der Waals surface area (Å²) in [7, 11) is 0. The minimum atomic E-state index is 0.711. The first-order valence-electron chi connectivity index (χ1n) is 29.4. The molecular weight excluding hydrogens is 1060 g/mol. The van der Waals surface area contributed by atoms with Crippen LogP contribution < -0.4 is 0 Å². The number of hydrogen-bond acceptors (Lipinski definition) is 12. The lowest BCUT2D eigenvalue weighted by Gasteiger charge is -2.32. The Balaban J connectivity index is 1.02. The zero-order valence-electron chi connectivity index (χ0n) is 44.6. The average Bonchev–Trinajstić information content (AvgIpc) is 0.642. The van der Waals surface area contributed by atoms with Crippen LogP contribution in [-0.4, -0.2) is 61.6 Å². The van der Waals surface area contributed by atoms with Gasteiger partial charge in [-0.15, -0.1) is 40.8 Å². The number of fused-ring (bicyclic) bond motifs is 12. The molecule has 0 aliphatic carbocycles. The number of hydrogen-bond donors (Lipinski definition) is 0. The molecule has 86 heavy (non-hydrogen) atoms. The highest BCUT2D eigenvalue weighted by atomic mass is 15.3. The maximum Gasteiger partial charge on any atom is 0.126 e.